The zero-order valence-electron chi connectivity index (χ0n) is 21.7. The minimum atomic E-state index is -0.317. The standard InChI is InChI=1S/C28H43ClN4O3/c1-36-28(35)25(22-7-9-24(29)10-8-22)20-31-13-11-21(12-14-31)19-32-15-17-33(18-16-32)27(34)26(30)23-5-3-2-4-6-23/h7-10,21,23,25-26H,2-6,11-20,30H2,1H3/t25?,26-/m1/s1. The lowest BCUT2D eigenvalue weighted by atomic mass is 9.83. The first kappa shape index (κ1) is 27.4. The Morgan fingerprint density at radius 2 is 1.58 bits per heavy atom. The predicted octanol–water partition coefficient (Wildman–Crippen LogP) is 3.36. The number of hydrogen-bond donors (Lipinski definition) is 1. The van der Waals surface area contributed by atoms with Crippen molar-refractivity contribution in [2.75, 3.05) is 59.5 Å². The molecule has 2 heterocycles. The topological polar surface area (TPSA) is 79.1 Å². The van der Waals surface area contributed by atoms with E-state index in [1.54, 1.807) is 0 Å². The van der Waals surface area contributed by atoms with Gasteiger partial charge in [-0.1, -0.05) is 43.0 Å². The molecular weight excluding hydrogens is 476 g/mol. The van der Waals surface area contributed by atoms with Gasteiger partial charge < -0.3 is 20.3 Å². The highest BCUT2D eigenvalue weighted by atomic mass is 35.5. The number of hydrogen-bond acceptors (Lipinski definition) is 6. The van der Waals surface area contributed by atoms with Gasteiger partial charge in [0, 0.05) is 44.3 Å². The first-order valence-corrected chi connectivity index (χ1v) is 14.1. The van der Waals surface area contributed by atoms with Crippen LogP contribution in [-0.2, 0) is 14.3 Å². The SMILES string of the molecule is COC(=O)C(CN1CCC(CN2CCN(C(=O)[C@H](N)C3CCCCC3)CC2)CC1)c1ccc(Cl)cc1. The third-order valence-corrected chi connectivity index (χ3v) is 8.80. The number of likely N-dealkylation sites (tertiary alicyclic amines) is 1. The van der Waals surface area contributed by atoms with Crippen LogP contribution in [0.25, 0.3) is 0 Å². The Kier molecular flexibility index (Phi) is 10.1. The number of carbonyl (C=O) groups is 2. The Morgan fingerprint density at radius 1 is 0.944 bits per heavy atom. The van der Waals surface area contributed by atoms with Crippen molar-refractivity contribution in [3.8, 4) is 0 Å². The highest BCUT2D eigenvalue weighted by molar-refractivity contribution is 6.30. The van der Waals surface area contributed by atoms with Crippen LogP contribution in [-0.4, -0.2) is 92.1 Å². The third-order valence-electron chi connectivity index (χ3n) is 8.55. The molecule has 1 unspecified atom stereocenters. The van der Waals surface area contributed by atoms with Crippen LogP contribution in [0.1, 0.15) is 56.4 Å². The van der Waals surface area contributed by atoms with Crippen molar-refractivity contribution in [1.29, 1.82) is 0 Å². The summed E-state index contributed by atoms with van der Waals surface area (Å²) < 4.78 is 5.09. The molecule has 1 saturated carbocycles. The Hall–Kier alpha value is -1.67. The number of rotatable bonds is 8. The summed E-state index contributed by atoms with van der Waals surface area (Å²) in [7, 11) is 1.45. The molecule has 2 saturated heterocycles. The van der Waals surface area contributed by atoms with Gasteiger partial charge in [-0.25, -0.2) is 0 Å². The number of nitrogens with zero attached hydrogens (tertiary/aromatic N) is 3. The van der Waals surface area contributed by atoms with Gasteiger partial charge in [-0.15, -0.1) is 0 Å². The molecule has 1 aromatic rings. The molecule has 0 bridgehead atoms. The molecule has 3 aliphatic rings. The molecule has 0 spiro atoms. The number of piperidine rings is 1. The molecule has 0 radical (unpaired) electrons. The Bertz CT molecular complexity index is 845. The molecule has 8 heteroatoms. The summed E-state index contributed by atoms with van der Waals surface area (Å²) in [6.07, 6.45) is 8.16. The van der Waals surface area contributed by atoms with Crippen LogP contribution in [0.4, 0.5) is 0 Å². The van der Waals surface area contributed by atoms with Crippen LogP contribution >= 0.6 is 11.6 Å². The lowest BCUT2D eigenvalue weighted by Crippen LogP contribution is -2.55. The molecule has 3 fully saturated rings. The van der Waals surface area contributed by atoms with Crippen molar-refractivity contribution in [3.63, 3.8) is 0 Å². The fourth-order valence-electron chi connectivity index (χ4n) is 6.18. The highest BCUT2D eigenvalue weighted by Gasteiger charge is 2.32. The molecule has 0 aromatic heterocycles. The maximum atomic E-state index is 12.9. The van der Waals surface area contributed by atoms with Gasteiger partial charge in [0.15, 0.2) is 0 Å². The van der Waals surface area contributed by atoms with E-state index in [0.29, 0.717) is 23.4 Å². The summed E-state index contributed by atoms with van der Waals surface area (Å²) in [5.74, 6) is 0.688. The number of amides is 1. The van der Waals surface area contributed by atoms with Crippen molar-refractivity contribution in [2.45, 2.75) is 56.9 Å². The van der Waals surface area contributed by atoms with Crippen LogP contribution in [0.15, 0.2) is 24.3 Å². The molecule has 4 rings (SSSR count). The van der Waals surface area contributed by atoms with Gasteiger partial charge >= 0.3 is 5.97 Å². The summed E-state index contributed by atoms with van der Waals surface area (Å²) in [6, 6.07) is 7.18. The van der Waals surface area contributed by atoms with Gasteiger partial charge in [0.25, 0.3) is 0 Å². The van der Waals surface area contributed by atoms with Crippen molar-refractivity contribution in [3.05, 3.63) is 34.9 Å². The smallest absolute Gasteiger partial charge is 0.314 e. The molecule has 2 N–H and O–H groups in total. The van der Waals surface area contributed by atoms with Gasteiger partial charge in [-0.05, 0) is 68.3 Å². The van der Waals surface area contributed by atoms with Crippen LogP contribution in [0.2, 0.25) is 5.02 Å². The van der Waals surface area contributed by atoms with E-state index >= 15 is 0 Å². The second kappa shape index (κ2) is 13.2. The number of methoxy groups -OCH3 is 1. The number of ether oxygens (including phenoxy) is 1. The van der Waals surface area contributed by atoms with E-state index in [1.807, 2.05) is 29.2 Å². The first-order valence-electron chi connectivity index (χ1n) is 13.8. The number of carbonyl (C=O) groups excluding carboxylic acids is 2. The largest absolute Gasteiger partial charge is 0.469 e. The second-order valence-corrected chi connectivity index (χ2v) is 11.4. The van der Waals surface area contributed by atoms with Crippen molar-refractivity contribution >= 4 is 23.5 Å². The van der Waals surface area contributed by atoms with E-state index in [9.17, 15) is 9.59 Å². The fourth-order valence-corrected chi connectivity index (χ4v) is 6.31. The van der Waals surface area contributed by atoms with Crippen LogP contribution in [0.5, 0.6) is 0 Å². The van der Waals surface area contributed by atoms with E-state index in [-0.39, 0.29) is 23.8 Å². The number of piperazine rings is 1. The summed E-state index contributed by atoms with van der Waals surface area (Å²) in [4.78, 5) is 32.3. The average molecular weight is 519 g/mol. The van der Waals surface area contributed by atoms with E-state index in [0.717, 1.165) is 77.1 Å². The predicted molar refractivity (Wildman–Crippen MR) is 143 cm³/mol. The monoisotopic (exact) mass is 518 g/mol. The zero-order chi connectivity index (χ0) is 25.5. The van der Waals surface area contributed by atoms with Gasteiger partial charge in [-0.2, -0.15) is 0 Å². The molecule has 36 heavy (non-hydrogen) atoms. The number of halogens is 1. The van der Waals surface area contributed by atoms with Gasteiger partial charge in [-0.3, -0.25) is 14.5 Å². The lowest BCUT2D eigenvalue weighted by molar-refractivity contribution is -0.143. The maximum absolute atomic E-state index is 12.9. The fraction of sp³-hybridized carbons (Fsp3) is 0.714. The van der Waals surface area contributed by atoms with Crippen LogP contribution in [0, 0.1) is 11.8 Å². The molecule has 1 aliphatic carbocycles. The summed E-state index contributed by atoms with van der Waals surface area (Å²) in [6.45, 7) is 7.18. The minimum Gasteiger partial charge on any atom is -0.469 e. The Balaban J connectivity index is 1.19. The van der Waals surface area contributed by atoms with E-state index in [2.05, 4.69) is 9.80 Å². The average Bonchev–Trinajstić information content (AvgIpc) is 2.93. The molecule has 200 valence electrons. The van der Waals surface area contributed by atoms with Gasteiger partial charge in [0.05, 0.1) is 19.1 Å². The van der Waals surface area contributed by atoms with Crippen molar-refractivity contribution in [2.24, 2.45) is 17.6 Å². The quantitative estimate of drug-likeness (QED) is 0.532. The Labute approximate surface area is 221 Å². The number of esters is 1. The molecular formula is C28H43ClN4O3. The maximum Gasteiger partial charge on any atom is 0.314 e. The summed E-state index contributed by atoms with van der Waals surface area (Å²) in [5.41, 5.74) is 7.33. The molecule has 1 aromatic carbocycles. The first-order chi connectivity index (χ1) is 17.4. The van der Waals surface area contributed by atoms with E-state index in [1.165, 1.54) is 26.4 Å². The zero-order valence-corrected chi connectivity index (χ0v) is 22.5. The molecule has 2 atom stereocenters. The third kappa shape index (κ3) is 7.21. The van der Waals surface area contributed by atoms with E-state index < -0.39 is 0 Å². The van der Waals surface area contributed by atoms with Crippen molar-refractivity contribution in [1.82, 2.24) is 14.7 Å². The molecule has 1 amide bonds. The van der Waals surface area contributed by atoms with E-state index in [4.69, 9.17) is 22.1 Å². The summed E-state index contributed by atoms with van der Waals surface area (Å²) >= 11 is 6.03. The molecule has 2 aliphatic heterocycles. The van der Waals surface area contributed by atoms with Gasteiger partial charge in [0.2, 0.25) is 5.91 Å². The van der Waals surface area contributed by atoms with Crippen LogP contribution in [0.3, 0.4) is 0 Å². The number of benzene rings is 1. The van der Waals surface area contributed by atoms with Crippen LogP contribution < -0.4 is 5.73 Å². The normalized spacial score (nSPS) is 22.8. The number of nitrogens with two attached hydrogens (primary N) is 1. The highest BCUT2D eigenvalue weighted by Crippen LogP contribution is 2.27. The molecule has 7 nitrogen and oxygen atoms in total. The second-order valence-electron chi connectivity index (χ2n) is 10.9. The Morgan fingerprint density at radius 3 is 2.19 bits per heavy atom. The minimum absolute atomic E-state index is 0.163. The summed E-state index contributed by atoms with van der Waals surface area (Å²) in [5, 5.41) is 0.667. The lowest BCUT2D eigenvalue weighted by Gasteiger charge is -2.40. The van der Waals surface area contributed by atoms with Crippen molar-refractivity contribution < 1.29 is 14.3 Å². The van der Waals surface area contributed by atoms with Gasteiger partial charge in [0.1, 0.15) is 0 Å².